The van der Waals surface area contributed by atoms with Gasteiger partial charge in [-0.25, -0.2) is 0 Å². The fourth-order valence-electron chi connectivity index (χ4n) is 17.4. The molecule has 2 bridgehead atoms. The van der Waals surface area contributed by atoms with E-state index in [-0.39, 0.29) is 128 Å². The summed E-state index contributed by atoms with van der Waals surface area (Å²) in [5.41, 5.74) is -1.66. The second-order valence-corrected chi connectivity index (χ2v) is 33.0. The smallest absolute Gasteiger partial charge is 0.377 e. The van der Waals surface area contributed by atoms with Crippen molar-refractivity contribution in [2.24, 2.45) is 41.4 Å². The first-order valence-corrected chi connectivity index (χ1v) is 39.4. The highest BCUT2D eigenvalue weighted by molar-refractivity contribution is 6.21. The van der Waals surface area contributed by atoms with Gasteiger partial charge in [-0.1, -0.05) is 72.0 Å². The van der Waals surface area contributed by atoms with Gasteiger partial charge in [0.25, 0.3) is 0 Å². The molecule has 2 saturated heterocycles. The molecule has 0 aromatic heterocycles. The van der Waals surface area contributed by atoms with Crippen LogP contribution < -0.4 is 16.0 Å². The van der Waals surface area contributed by atoms with Crippen LogP contribution in [0.3, 0.4) is 0 Å². The SMILES string of the molecule is CCO[C@@H]1C[C@H]2C(=O)NC3(CCCC3)C(=O)N(C)[C@@H](C3CCCC3)C(=O)N(C)[C@H](C(=O)N(C)C)CC(=O)N(C)[C@@H](CC(C)C)C(=O)N[C@@H]([C@@H](C)CC)C(=O)N(C)CC(=O)N(C)[C@H]3C/C=C\CCN(C3=O)[C@@H](CC3CCC(C(F)(F)F)CC3)C(=O)N(C)CC(=O)N[C@@H](CCC3CCC(C(F)(F)F)C(Cl)C3)C(=O)N2C1. The highest BCUT2D eigenvalue weighted by Gasteiger charge is 2.54. The van der Waals surface area contributed by atoms with Gasteiger partial charge in [-0.05, 0) is 146 Å². The number of nitrogens with zero attached hydrogens (tertiary/aromatic N) is 9. The van der Waals surface area contributed by atoms with Crippen LogP contribution in [0.15, 0.2) is 12.2 Å². The molecule has 0 aromatic rings. The van der Waals surface area contributed by atoms with Crippen molar-refractivity contribution >= 4 is 82.5 Å². The number of alkyl halides is 7. The summed E-state index contributed by atoms with van der Waals surface area (Å²) in [6.07, 6.45) is -4.00. The van der Waals surface area contributed by atoms with Gasteiger partial charge in [0.05, 0.1) is 37.5 Å². The van der Waals surface area contributed by atoms with Gasteiger partial charge in [0.15, 0.2) is 0 Å². The fourth-order valence-corrected chi connectivity index (χ4v) is 17.9. The normalized spacial score (nSPS) is 31.4. The van der Waals surface area contributed by atoms with Crippen molar-refractivity contribution < 1.29 is 88.6 Å². The summed E-state index contributed by atoms with van der Waals surface area (Å²) >= 11 is 6.44. The summed E-state index contributed by atoms with van der Waals surface area (Å²) in [5.74, 6) is -14.4. The second-order valence-electron chi connectivity index (χ2n) is 32.4. The molecule has 610 valence electrons. The van der Waals surface area contributed by atoms with Gasteiger partial charge in [0.2, 0.25) is 70.9 Å². The average Bonchev–Trinajstić information content (AvgIpc) is 1.55. The predicted molar refractivity (Wildman–Crippen MR) is 390 cm³/mol. The number of nitrogens with one attached hydrogen (secondary N) is 3. The molecule has 1 spiro atoms. The molecule has 3 heterocycles. The Morgan fingerprint density at radius 1 is 0.648 bits per heavy atom. The van der Waals surface area contributed by atoms with Crippen LogP contribution in [0.2, 0.25) is 0 Å². The molecule has 3 aliphatic heterocycles. The first-order chi connectivity index (χ1) is 50.7. The molecule has 3 N–H and O–H groups in total. The minimum Gasteiger partial charge on any atom is -0.377 e. The lowest BCUT2D eigenvalue weighted by molar-refractivity contribution is -0.184. The molecule has 12 amide bonds. The van der Waals surface area contributed by atoms with E-state index in [0.717, 1.165) is 19.6 Å². The van der Waals surface area contributed by atoms with Crippen molar-refractivity contribution in [2.45, 2.75) is 266 Å². The summed E-state index contributed by atoms with van der Waals surface area (Å²) in [4.78, 5) is 193. The zero-order valence-electron chi connectivity index (χ0n) is 65.5. The van der Waals surface area contributed by atoms with Crippen molar-refractivity contribution in [3.05, 3.63) is 12.2 Å². The van der Waals surface area contributed by atoms with Crippen LogP contribution in [-0.4, -0.2) is 282 Å². The van der Waals surface area contributed by atoms with E-state index in [0.29, 0.717) is 44.9 Å². The predicted octanol–water partition coefficient (Wildman–Crippen LogP) is 7.06. The van der Waals surface area contributed by atoms with Gasteiger partial charge in [0, 0.05) is 87.9 Å². The summed E-state index contributed by atoms with van der Waals surface area (Å²) in [6, 6.07) is -10.9. The number of rotatable bonds is 13. The summed E-state index contributed by atoms with van der Waals surface area (Å²) in [7, 11) is 11.1. The van der Waals surface area contributed by atoms with Crippen LogP contribution in [0, 0.1) is 41.4 Å². The third-order valence-corrected chi connectivity index (χ3v) is 24.7. The molecule has 108 heavy (non-hydrogen) atoms. The van der Waals surface area contributed by atoms with Gasteiger partial charge < -0.3 is 64.8 Å². The monoisotopic (exact) mass is 1560 g/mol. The first-order valence-electron chi connectivity index (χ1n) is 39.0. The van der Waals surface area contributed by atoms with E-state index in [1.54, 1.807) is 32.9 Å². The third-order valence-electron chi connectivity index (χ3n) is 24.2. The number of ether oxygens (including phenoxy) is 1. The summed E-state index contributed by atoms with van der Waals surface area (Å²) in [5, 5.41) is 7.41. The Hall–Kier alpha value is -6.79. The Balaban J connectivity index is 1.33. The van der Waals surface area contributed by atoms with E-state index < -0.39 is 204 Å². The standard InChI is InChI=1S/C76H119ClF6N12O13/c1-14-46(5)63-71(105)89(9)44-62(98)90(10)55-25-17-16-22-36-94(70(55)104)59(39-48-26-30-50(31-27-48)75(78,79)80)69(103)88(8)43-60(96)84-54(33-29-47-28-32-52(53(77)38-47)76(81,82)83)67(101)95-42-51(108-15-2)40-57(95)66(100)86-74(34-20-21-35-74)73(107)93(13)64(49-23-18-19-24-49)72(106)92(12)58(68(102)87(6)7)41-61(97)91(11)56(37-45(3)4)65(99)85-63/h16-17,45-59,63-64H,14-15,18-44H2,1-13H3,(H,84,96)(H,85,99)(H,86,100)/b17-16-/t46-,47?,48?,50?,51+,52?,53?,54-,55-,56-,57-,58-,59-,63-,64-/m0/s1. The Bertz CT molecular complexity index is 3220. The number of carbonyl (C=O) groups excluding carboxylic acids is 12. The van der Waals surface area contributed by atoms with Crippen LogP contribution in [0.1, 0.15) is 189 Å². The molecule has 0 aromatic carbocycles. The molecule has 0 radical (unpaired) electrons. The lowest BCUT2D eigenvalue weighted by atomic mass is 9.78. The number of likely N-dealkylation sites (N-methyl/N-ethyl adjacent to an activating group) is 7. The van der Waals surface area contributed by atoms with E-state index in [1.807, 2.05) is 13.8 Å². The van der Waals surface area contributed by atoms with Crippen LogP contribution in [-0.2, 0) is 62.3 Å². The zero-order chi connectivity index (χ0) is 80.2. The van der Waals surface area contributed by atoms with E-state index in [9.17, 15) is 55.1 Å². The van der Waals surface area contributed by atoms with E-state index >= 15 is 28.8 Å². The molecule has 6 fully saturated rings. The highest BCUT2D eigenvalue weighted by Crippen LogP contribution is 2.45. The quantitative estimate of drug-likeness (QED) is 0.0947. The van der Waals surface area contributed by atoms with E-state index in [4.69, 9.17) is 16.3 Å². The molecular weight excluding hydrogens is 1440 g/mol. The molecule has 25 nitrogen and oxygen atoms in total. The number of fused-ring (bicyclic) bond motifs is 3. The molecule has 7 rings (SSSR count). The third kappa shape index (κ3) is 21.9. The Morgan fingerprint density at radius 2 is 1.28 bits per heavy atom. The number of hydrogen-bond acceptors (Lipinski definition) is 13. The van der Waals surface area contributed by atoms with Crippen LogP contribution in [0.5, 0.6) is 0 Å². The summed E-state index contributed by atoms with van der Waals surface area (Å²) < 4.78 is 91.0. The lowest BCUT2D eigenvalue weighted by Crippen LogP contribution is -2.65. The minimum absolute atomic E-state index is 0.0348. The number of hydrogen-bond donors (Lipinski definition) is 3. The van der Waals surface area contributed by atoms with Crippen LogP contribution in [0.4, 0.5) is 26.3 Å². The van der Waals surface area contributed by atoms with Crippen LogP contribution in [0.25, 0.3) is 0 Å². The highest BCUT2D eigenvalue weighted by atomic mass is 35.5. The average molecular weight is 1560 g/mol. The molecular formula is C76H119ClF6N12O13. The van der Waals surface area contributed by atoms with E-state index in [2.05, 4.69) is 16.0 Å². The fraction of sp³-hybridized carbons (Fsp3) is 0.816. The maximum atomic E-state index is 15.7. The molecule has 32 heteroatoms. The van der Waals surface area contributed by atoms with Gasteiger partial charge in [-0.15, -0.1) is 11.6 Å². The molecule has 7 aliphatic rings. The summed E-state index contributed by atoms with van der Waals surface area (Å²) in [6.45, 7) is 7.32. The van der Waals surface area contributed by atoms with Crippen molar-refractivity contribution in [3.63, 3.8) is 0 Å². The number of halogens is 7. The molecule has 13 atom stereocenters. The van der Waals surface area contributed by atoms with Gasteiger partial charge >= 0.3 is 12.4 Å². The Morgan fingerprint density at radius 3 is 1.86 bits per heavy atom. The molecule has 3 unspecified atom stereocenters. The first kappa shape index (κ1) is 88.4. The Kier molecular flexibility index (Phi) is 31.5. The largest absolute Gasteiger partial charge is 0.393 e. The van der Waals surface area contributed by atoms with Crippen molar-refractivity contribution in [2.75, 3.05) is 89.2 Å². The van der Waals surface area contributed by atoms with Gasteiger partial charge in [0.1, 0.15) is 53.9 Å². The molecule has 4 saturated carbocycles. The van der Waals surface area contributed by atoms with Crippen molar-refractivity contribution in [1.29, 1.82) is 0 Å². The minimum atomic E-state index is -4.57. The van der Waals surface area contributed by atoms with Gasteiger partial charge in [-0.3, -0.25) is 57.5 Å². The zero-order valence-corrected chi connectivity index (χ0v) is 66.2. The Labute approximate surface area is 637 Å². The van der Waals surface area contributed by atoms with Crippen LogP contribution >= 0.6 is 11.6 Å². The van der Waals surface area contributed by atoms with Gasteiger partial charge in [-0.2, -0.15) is 26.3 Å². The number of amides is 12. The van der Waals surface area contributed by atoms with Crippen molar-refractivity contribution in [1.82, 2.24) is 60.0 Å². The van der Waals surface area contributed by atoms with Crippen molar-refractivity contribution in [3.8, 4) is 0 Å². The second kappa shape index (κ2) is 38.4. The molecule has 4 aliphatic carbocycles. The number of carbonyl (C=O) groups is 12. The maximum Gasteiger partial charge on any atom is 0.393 e. The van der Waals surface area contributed by atoms with E-state index in [1.165, 1.54) is 80.9 Å². The lowest BCUT2D eigenvalue weighted by Gasteiger charge is -2.42. The topological polar surface area (TPSA) is 279 Å². The maximum absolute atomic E-state index is 15.7.